The second kappa shape index (κ2) is 4.13. The molecule has 0 fully saturated rings. The van der Waals surface area contributed by atoms with Gasteiger partial charge in [0.1, 0.15) is 5.75 Å². The Morgan fingerprint density at radius 3 is 2.27 bits per heavy atom. The fourth-order valence-electron chi connectivity index (χ4n) is 1.58. The molecule has 0 aliphatic rings. The molecule has 0 aliphatic carbocycles. The van der Waals surface area contributed by atoms with Crippen LogP contribution in [0.15, 0.2) is 12.1 Å². The van der Waals surface area contributed by atoms with Crippen molar-refractivity contribution in [2.45, 2.75) is 26.4 Å². The van der Waals surface area contributed by atoms with Gasteiger partial charge in [-0.2, -0.15) is 13.2 Å². The normalized spacial score (nSPS) is 11.6. The van der Waals surface area contributed by atoms with Crippen LogP contribution in [0, 0.1) is 6.92 Å². The predicted molar refractivity (Wildman–Crippen MR) is 52.1 cm³/mol. The summed E-state index contributed by atoms with van der Waals surface area (Å²) in [5.74, 6) is 0.310. The SMILES string of the molecule is CCc1c(OC)cc(C)cc1C(F)(F)F. The van der Waals surface area contributed by atoms with Crippen molar-refractivity contribution in [3.63, 3.8) is 0 Å². The molecule has 4 heteroatoms. The molecular weight excluding hydrogens is 205 g/mol. The van der Waals surface area contributed by atoms with Gasteiger partial charge in [-0.15, -0.1) is 0 Å². The molecule has 0 bridgehead atoms. The van der Waals surface area contributed by atoms with Crippen molar-refractivity contribution >= 4 is 0 Å². The number of halogens is 3. The molecule has 15 heavy (non-hydrogen) atoms. The lowest BCUT2D eigenvalue weighted by atomic mass is 10.0. The summed E-state index contributed by atoms with van der Waals surface area (Å²) in [6.07, 6.45) is -4.01. The fraction of sp³-hybridized carbons (Fsp3) is 0.455. The van der Waals surface area contributed by atoms with E-state index in [1.54, 1.807) is 19.9 Å². The van der Waals surface area contributed by atoms with Gasteiger partial charge in [0.05, 0.1) is 12.7 Å². The summed E-state index contributed by atoms with van der Waals surface area (Å²) in [6, 6.07) is 2.77. The Morgan fingerprint density at radius 1 is 1.27 bits per heavy atom. The van der Waals surface area contributed by atoms with E-state index >= 15 is 0 Å². The van der Waals surface area contributed by atoms with Crippen LogP contribution in [0.25, 0.3) is 0 Å². The van der Waals surface area contributed by atoms with Gasteiger partial charge >= 0.3 is 6.18 Å². The average Bonchev–Trinajstić information content (AvgIpc) is 2.15. The highest BCUT2D eigenvalue weighted by Gasteiger charge is 2.34. The van der Waals surface area contributed by atoms with Gasteiger partial charge in [-0.3, -0.25) is 0 Å². The molecule has 0 aromatic heterocycles. The summed E-state index contributed by atoms with van der Waals surface area (Å²) in [5, 5.41) is 0. The zero-order valence-corrected chi connectivity index (χ0v) is 8.90. The Balaban J connectivity index is 3.42. The van der Waals surface area contributed by atoms with Crippen LogP contribution in [0.4, 0.5) is 13.2 Å². The van der Waals surface area contributed by atoms with Crippen LogP contribution >= 0.6 is 0 Å². The maximum Gasteiger partial charge on any atom is 0.416 e. The maximum absolute atomic E-state index is 12.7. The van der Waals surface area contributed by atoms with E-state index in [4.69, 9.17) is 4.74 Å². The lowest BCUT2D eigenvalue weighted by Gasteiger charge is -2.16. The summed E-state index contributed by atoms with van der Waals surface area (Å²) in [6.45, 7) is 3.31. The average molecular weight is 218 g/mol. The minimum atomic E-state index is -4.31. The van der Waals surface area contributed by atoms with E-state index in [9.17, 15) is 13.2 Å². The third kappa shape index (κ3) is 2.43. The van der Waals surface area contributed by atoms with E-state index in [1.165, 1.54) is 7.11 Å². The van der Waals surface area contributed by atoms with Crippen LogP contribution in [-0.4, -0.2) is 7.11 Å². The van der Waals surface area contributed by atoms with E-state index in [0.717, 1.165) is 6.07 Å². The Labute approximate surface area is 86.9 Å². The van der Waals surface area contributed by atoms with E-state index in [-0.39, 0.29) is 5.56 Å². The van der Waals surface area contributed by atoms with Crippen LogP contribution in [0.1, 0.15) is 23.6 Å². The first-order valence-electron chi connectivity index (χ1n) is 4.64. The molecule has 0 aliphatic heterocycles. The second-order valence-corrected chi connectivity index (χ2v) is 3.34. The highest BCUT2D eigenvalue weighted by atomic mass is 19.4. The van der Waals surface area contributed by atoms with Crippen molar-refractivity contribution in [2.24, 2.45) is 0 Å². The van der Waals surface area contributed by atoms with Crippen molar-refractivity contribution in [1.29, 1.82) is 0 Å². The number of methoxy groups -OCH3 is 1. The topological polar surface area (TPSA) is 9.23 Å². The smallest absolute Gasteiger partial charge is 0.416 e. The zero-order valence-electron chi connectivity index (χ0n) is 8.90. The van der Waals surface area contributed by atoms with E-state index in [1.807, 2.05) is 0 Å². The van der Waals surface area contributed by atoms with Crippen molar-refractivity contribution in [1.82, 2.24) is 0 Å². The van der Waals surface area contributed by atoms with E-state index < -0.39 is 11.7 Å². The Hall–Kier alpha value is -1.19. The lowest BCUT2D eigenvalue weighted by molar-refractivity contribution is -0.138. The molecule has 0 radical (unpaired) electrons. The summed E-state index contributed by atoms with van der Waals surface area (Å²) in [4.78, 5) is 0. The number of benzene rings is 1. The van der Waals surface area contributed by atoms with Crippen LogP contribution in [0.3, 0.4) is 0 Å². The number of rotatable bonds is 2. The van der Waals surface area contributed by atoms with E-state index in [2.05, 4.69) is 0 Å². The van der Waals surface area contributed by atoms with Crippen LogP contribution in [0.5, 0.6) is 5.75 Å². The summed E-state index contributed by atoms with van der Waals surface area (Å²) in [5.41, 5.74) is 0.175. The van der Waals surface area contributed by atoms with Gasteiger partial charge in [-0.25, -0.2) is 0 Å². The summed E-state index contributed by atoms with van der Waals surface area (Å²) < 4.78 is 43.0. The Morgan fingerprint density at radius 2 is 1.87 bits per heavy atom. The minimum absolute atomic E-state index is 0.218. The summed E-state index contributed by atoms with van der Waals surface area (Å²) >= 11 is 0. The molecule has 0 atom stereocenters. The van der Waals surface area contributed by atoms with E-state index in [0.29, 0.717) is 17.7 Å². The molecular formula is C11H13F3O. The molecule has 1 aromatic carbocycles. The fourth-order valence-corrected chi connectivity index (χ4v) is 1.58. The standard InChI is InChI=1S/C11H13F3O/c1-4-8-9(11(12,13)14)5-7(2)6-10(8)15-3/h5-6H,4H2,1-3H3. The van der Waals surface area contributed by atoms with Gasteiger partial charge in [0.2, 0.25) is 0 Å². The third-order valence-corrected chi connectivity index (χ3v) is 2.23. The quantitative estimate of drug-likeness (QED) is 0.737. The molecule has 1 rings (SSSR count). The molecule has 0 spiro atoms. The van der Waals surface area contributed by atoms with Crippen LogP contribution < -0.4 is 4.74 Å². The largest absolute Gasteiger partial charge is 0.496 e. The van der Waals surface area contributed by atoms with Crippen molar-refractivity contribution in [3.8, 4) is 5.75 Å². The number of hydrogen-bond acceptors (Lipinski definition) is 1. The van der Waals surface area contributed by atoms with Crippen molar-refractivity contribution < 1.29 is 17.9 Å². The molecule has 0 amide bonds. The first-order chi connectivity index (χ1) is 6.90. The second-order valence-electron chi connectivity index (χ2n) is 3.34. The molecule has 0 saturated heterocycles. The molecule has 0 N–H and O–H groups in total. The zero-order chi connectivity index (χ0) is 11.6. The van der Waals surface area contributed by atoms with Gasteiger partial charge in [0, 0.05) is 5.56 Å². The van der Waals surface area contributed by atoms with Gasteiger partial charge < -0.3 is 4.74 Å². The molecule has 0 unspecified atom stereocenters. The molecule has 0 heterocycles. The number of alkyl halides is 3. The lowest BCUT2D eigenvalue weighted by Crippen LogP contribution is -2.10. The van der Waals surface area contributed by atoms with Gasteiger partial charge in [0.15, 0.2) is 0 Å². The highest BCUT2D eigenvalue weighted by Crippen LogP contribution is 2.37. The van der Waals surface area contributed by atoms with Gasteiger partial charge in [-0.1, -0.05) is 6.92 Å². The van der Waals surface area contributed by atoms with Crippen LogP contribution in [0.2, 0.25) is 0 Å². The third-order valence-electron chi connectivity index (χ3n) is 2.23. The van der Waals surface area contributed by atoms with Gasteiger partial charge in [-0.05, 0) is 31.0 Å². The predicted octanol–water partition coefficient (Wildman–Crippen LogP) is 3.58. The summed E-state index contributed by atoms with van der Waals surface area (Å²) in [7, 11) is 1.38. The Kier molecular flexibility index (Phi) is 3.27. The maximum atomic E-state index is 12.7. The number of ether oxygens (including phenoxy) is 1. The monoisotopic (exact) mass is 218 g/mol. The van der Waals surface area contributed by atoms with Crippen molar-refractivity contribution in [2.75, 3.05) is 7.11 Å². The number of hydrogen-bond donors (Lipinski definition) is 0. The molecule has 0 saturated carbocycles. The van der Waals surface area contributed by atoms with Crippen LogP contribution in [-0.2, 0) is 12.6 Å². The molecule has 1 nitrogen and oxygen atoms in total. The van der Waals surface area contributed by atoms with Crippen molar-refractivity contribution in [3.05, 3.63) is 28.8 Å². The Bertz CT molecular complexity index is 356. The first kappa shape index (κ1) is 11.9. The number of aryl methyl sites for hydroxylation is 1. The highest BCUT2D eigenvalue weighted by molar-refractivity contribution is 5.45. The minimum Gasteiger partial charge on any atom is -0.496 e. The molecule has 84 valence electrons. The first-order valence-corrected chi connectivity index (χ1v) is 4.64. The molecule has 1 aromatic rings. The van der Waals surface area contributed by atoms with Gasteiger partial charge in [0.25, 0.3) is 0 Å².